The van der Waals surface area contributed by atoms with Crippen molar-refractivity contribution in [3.8, 4) is 0 Å². The minimum Gasteiger partial charge on any atom is -0.384 e. The van der Waals surface area contributed by atoms with Gasteiger partial charge in [-0.1, -0.05) is 30.3 Å². The molecule has 0 bridgehead atoms. The SMILES string of the molecule is Cc1cnc([C@@H](NC(=O)NC[C@@](C)(O)c2ccccc2)C2CC2)s1. The fourth-order valence-electron chi connectivity index (χ4n) is 2.67. The van der Waals surface area contributed by atoms with Gasteiger partial charge in [0.1, 0.15) is 10.6 Å². The zero-order valence-corrected chi connectivity index (χ0v) is 14.8. The number of aromatic nitrogens is 1. The Labute approximate surface area is 146 Å². The van der Waals surface area contributed by atoms with Crippen molar-refractivity contribution in [1.82, 2.24) is 15.6 Å². The number of rotatable bonds is 6. The highest BCUT2D eigenvalue weighted by Gasteiger charge is 2.35. The van der Waals surface area contributed by atoms with Gasteiger partial charge in [0.2, 0.25) is 0 Å². The Morgan fingerprint density at radius 3 is 2.71 bits per heavy atom. The molecule has 1 aromatic heterocycles. The Balaban J connectivity index is 1.58. The lowest BCUT2D eigenvalue weighted by Gasteiger charge is -2.25. The van der Waals surface area contributed by atoms with Gasteiger partial charge in [-0.3, -0.25) is 0 Å². The summed E-state index contributed by atoms with van der Waals surface area (Å²) in [5.74, 6) is 0.468. The monoisotopic (exact) mass is 345 g/mol. The second kappa shape index (κ2) is 6.91. The number of hydrogen-bond donors (Lipinski definition) is 3. The molecule has 3 N–H and O–H groups in total. The van der Waals surface area contributed by atoms with Crippen molar-refractivity contribution >= 4 is 17.4 Å². The average Bonchev–Trinajstić information content (AvgIpc) is 3.33. The molecule has 1 saturated carbocycles. The number of aliphatic hydroxyl groups is 1. The Kier molecular flexibility index (Phi) is 4.87. The van der Waals surface area contributed by atoms with Gasteiger partial charge in [0, 0.05) is 11.1 Å². The minimum absolute atomic E-state index is 0.0367. The molecular weight excluding hydrogens is 322 g/mol. The Morgan fingerprint density at radius 2 is 2.12 bits per heavy atom. The predicted molar refractivity (Wildman–Crippen MR) is 94.9 cm³/mol. The number of amides is 2. The van der Waals surface area contributed by atoms with E-state index in [2.05, 4.69) is 15.6 Å². The van der Waals surface area contributed by atoms with Crippen LogP contribution in [-0.2, 0) is 5.60 Å². The molecule has 5 nitrogen and oxygen atoms in total. The smallest absolute Gasteiger partial charge is 0.315 e. The summed E-state index contributed by atoms with van der Waals surface area (Å²) < 4.78 is 0. The van der Waals surface area contributed by atoms with Crippen LogP contribution in [0, 0.1) is 12.8 Å². The van der Waals surface area contributed by atoms with Crippen LogP contribution in [0.15, 0.2) is 36.5 Å². The first-order chi connectivity index (χ1) is 11.5. The van der Waals surface area contributed by atoms with Crippen molar-refractivity contribution in [2.45, 2.75) is 38.3 Å². The minimum atomic E-state index is -1.11. The predicted octanol–water partition coefficient (Wildman–Crippen LogP) is 3.11. The van der Waals surface area contributed by atoms with Gasteiger partial charge in [0.05, 0.1) is 12.6 Å². The van der Waals surface area contributed by atoms with Crippen molar-refractivity contribution in [3.05, 3.63) is 52.0 Å². The van der Waals surface area contributed by atoms with E-state index in [1.165, 1.54) is 0 Å². The van der Waals surface area contributed by atoms with Gasteiger partial charge in [0.15, 0.2) is 0 Å². The topological polar surface area (TPSA) is 74.2 Å². The first kappa shape index (κ1) is 16.9. The summed E-state index contributed by atoms with van der Waals surface area (Å²) in [5, 5.41) is 17.3. The van der Waals surface area contributed by atoms with Crippen molar-refractivity contribution in [2.24, 2.45) is 5.92 Å². The highest BCUT2D eigenvalue weighted by atomic mass is 32.1. The lowest BCUT2D eigenvalue weighted by Crippen LogP contribution is -2.44. The number of carbonyl (C=O) groups is 1. The number of carbonyl (C=O) groups excluding carboxylic acids is 1. The van der Waals surface area contributed by atoms with Crippen LogP contribution in [0.4, 0.5) is 4.79 Å². The van der Waals surface area contributed by atoms with Crippen LogP contribution in [0.25, 0.3) is 0 Å². The number of aryl methyl sites for hydroxylation is 1. The second-order valence-corrected chi connectivity index (χ2v) is 7.86. The van der Waals surface area contributed by atoms with Gasteiger partial charge in [-0.15, -0.1) is 11.3 Å². The lowest BCUT2D eigenvalue weighted by molar-refractivity contribution is 0.0592. The maximum Gasteiger partial charge on any atom is 0.315 e. The van der Waals surface area contributed by atoms with E-state index in [4.69, 9.17) is 0 Å². The fraction of sp³-hybridized carbons (Fsp3) is 0.444. The number of hydrogen-bond acceptors (Lipinski definition) is 4. The second-order valence-electron chi connectivity index (χ2n) is 6.59. The first-order valence-corrected chi connectivity index (χ1v) is 9.02. The standard InChI is InChI=1S/C18H23N3O2S/c1-12-10-19-16(24-12)15(13-8-9-13)21-17(22)20-11-18(2,23)14-6-4-3-5-7-14/h3-7,10,13,15,23H,8-9,11H2,1-2H3,(H2,20,21,22)/t15-,18+/m0/s1. The summed E-state index contributed by atoms with van der Waals surface area (Å²) in [4.78, 5) is 17.8. The van der Waals surface area contributed by atoms with E-state index in [0.717, 1.165) is 28.3 Å². The number of nitrogens with one attached hydrogen (secondary N) is 2. The Hall–Kier alpha value is -1.92. The van der Waals surface area contributed by atoms with E-state index in [1.54, 1.807) is 18.3 Å². The zero-order chi connectivity index (χ0) is 17.2. The van der Waals surface area contributed by atoms with Crippen molar-refractivity contribution in [2.75, 3.05) is 6.54 Å². The van der Waals surface area contributed by atoms with Gasteiger partial charge >= 0.3 is 6.03 Å². The summed E-state index contributed by atoms with van der Waals surface area (Å²) in [6.07, 6.45) is 4.08. The van der Waals surface area contributed by atoms with Crippen molar-refractivity contribution in [3.63, 3.8) is 0 Å². The largest absolute Gasteiger partial charge is 0.384 e. The van der Waals surface area contributed by atoms with Gasteiger partial charge < -0.3 is 15.7 Å². The molecule has 24 heavy (non-hydrogen) atoms. The number of thiazole rings is 1. The molecule has 1 fully saturated rings. The van der Waals surface area contributed by atoms with Gasteiger partial charge in [-0.2, -0.15) is 0 Å². The van der Waals surface area contributed by atoms with Gasteiger partial charge in [0.25, 0.3) is 0 Å². The van der Waals surface area contributed by atoms with Gasteiger partial charge in [-0.25, -0.2) is 9.78 Å². The first-order valence-electron chi connectivity index (χ1n) is 8.20. The third-order valence-electron chi connectivity index (χ3n) is 4.27. The molecule has 2 amide bonds. The summed E-state index contributed by atoms with van der Waals surface area (Å²) in [7, 11) is 0. The molecule has 2 atom stereocenters. The normalized spacial score (nSPS) is 17.8. The van der Waals surface area contributed by atoms with Crippen LogP contribution in [0.5, 0.6) is 0 Å². The quantitative estimate of drug-likeness (QED) is 0.753. The molecule has 0 aliphatic heterocycles. The molecular formula is C18H23N3O2S. The molecule has 3 rings (SSSR count). The highest BCUT2D eigenvalue weighted by Crippen LogP contribution is 2.42. The number of urea groups is 1. The third-order valence-corrected chi connectivity index (χ3v) is 5.27. The van der Waals surface area contributed by atoms with E-state index >= 15 is 0 Å². The average molecular weight is 345 g/mol. The fourth-order valence-corrected chi connectivity index (χ4v) is 3.59. The van der Waals surface area contributed by atoms with E-state index < -0.39 is 5.60 Å². The van der Waals surface area contributed by atoms with E-state index in [-0.39, 0.29) is 18.6 Å². The zero-order valence-electron chi connectivity index (χ0n) is 14.0. The molecule has 0 unspecified atom stereocenters. The number of benzene rings is 1. The van der Waals surface area contributed by atoms with Crippen LogP contribution in [0.2, 0.25) is 0 Å². The van der Waals surface area contributed by atoms with Crippen molar-refractivity contribution in [1.29, 1.82) is 0 Å². The summed E-state index contributed by atoms with van der Waals surface area (Å²) >= 11 is 1.62. The summed E-state index contributed by atoms with van der Waals surface area (Å²) in [6.45, 7) is 3.87. The highest BCUT2D eigenvalue weighted by molar-refractivity contribution is 7.11. The Bertz CT molecular complexity index is 695. The molecule has 1 aromatic carbocycles. The van der Waals surface area contributed by atoms with E-state index in [0.29, 0.717) is 5.92 Å². The van der Waals surface area contributed by atoms with E-state index in [9.17, 15) is 9.90 Å². The third kappa shape index (κ3) is 4.13. The van der Waals surface area contributed by atoms with Gasteiger partial charge in [-0.05, 0) is 38.2 Å². The molecule has 0 radical (unpaired) electrons. The number of nitrogens with zero attached hydrogens (tertiary/aromatic N) is 1. The van der Waals surface area contributed by atoms with Crippen molar-refractivity contribution < 1.29 is 9.90 Å². The van der Waals surface area contributed by atoms with E-state index in [1.807, 2.05) is 43.5 Å². The van der Waals surface area contributed by atoms with Crippen LogP contribution < -0.4 is 10.6 Å². The molecule has 128 valence electrons. The summed E-state index contributed by atoms with van der Waals surface area (Å²) in [5.41, 5.74) is -0.328. The maximum absolute atomic E-state index is 12.3. The van der Waals surface area contributed by atoms with Crippen LogP contribution in [-0.4, -0.2) is 22.7 Å². The Morgan fingerprint density at radius 1 is 1.42 bits per heavy atom. The van der Waals surface area contributed by atoms with Crippen LogP contribution >= 0.6 is 11.3 Å². The molecule has 1 heterocycles. The molecule has 2 aromatic rings. The lowest BCUT2D eigenvalue weighted by atomic mass is 9.96. The molecule has 1 aliphatic carbocycles. The van der Waals surface area contributed by atoms with Crippen LogP contribution in [0.3, 0.4) is 0 Å². The van der Waals surface area contributed by atoms with Crippen LogP contribution in [0.1, 0.15) is 41.3 Å². The summed E-state index contributed by atoms with van der Waals surface area (Å²) in [6, 6.07) is 9.04. The molecule has 1 aliphatic rings. The molecule has 0 spiro atoms. The molecule has 6 heteroatoms. The molecule has 0 saturated heterocycles. The maximum atomic E-state index is 12.3.